The second kappa shape index (κ2) is 6.82. The Bertz CT molecular complexity index is 592. The minimum atomic E-state index is -3.87. The molecular weight excluding hydrogens is 304 g/mol. The van der Waals surface area contributed by atoms with E-state index in [0.29, 0.717) is 6.54 Å². The van der Waals surface area contributed by atoms with Gasteiger partial charge in [0, 0.05) is 11.9 Å². The van der Waals surface area contributed by atoms with E-state index in [1.165, 1.54) is 5.38 Å². The molecule has 1 heterocycles. The van der Waals surface area contributed by atoms with Crippen molar-refractivity contribution >= 4 is 33.2 Å². The number of carbonyl (C=O) groups excluding carboxylic acids is 1. The first kappa shape index (κ1) is 16.6. The van der Waals surface area contributed by atoms with E-state index < -0.39 is 21.9 Å². The van der Waals surface area contributed by atoms with E-state index in [1.807, 2.05) is 13.8 Å². The molecule has 1 aromatic heterocycles. The molecule has 0 saturated carbocycles. The van der Waals surface area contributed by atoms with Crippen molar-refractivity contribution in [1.29, 1.82) is 0 Å². The minimum Gasteiger partial charge on any atom is -0.477 e. The molecule has 0 spiro atoms. The van der Waals surface area contributed by atoms with Crippen LogP contribution in [0.4, 0.5) is 0 Å². The van der Waals surface area contributed by atoms with Gasteiger partial charge >= 0.3 is 5.97 Å². The zero-order valence-electron chi connectivity index (χ0n) is 11.0. The third-order valence-electron chi connectivity index (χ3n) is 2.23. The number of amides is 1. The summed E-state index contributed by atoms with van der Waals surface area (Å²) in [6.45, 7) is 3.92. The van der Waals surface area contributed by atoms with Crippen molar-refractivity contribution in [3.05, 3.63) is 16.3 Å². The van der Waals surface area contributed by atoms with E-state index in [9.17, 15) is 18.0 Å². The average Bonchev–Trinajstić information content (AvgIpc) is 2.84. The van der Waals surface area contributed by atoms with E-state index in [1.54, 1.807) is 0 Å². The topological polar surface area (TPSA) is 113 Å². The van der Waals surface area contributed by atoms with Crippen LogP contribution in [-0.4, -0.2) is 38.5 Å². The van der Waals surface area contributed by atoms with Crippen molar-refractivity contribution in [1.82, 2.24) is 10.0 Å². The Morgan fingerprint density at radius 3 is 2.55 bits per heavy atom. The maximum absolute atomic E-state index is 11.8. The highest BCUT2D eigenvalue weighted by Gasteiger charge is 2.19. The van der Waals surface area contributed by atoms with Gasteiger partial charge in [-0.3, -0.25) is 4.79 Å². The van der Waals surface area contributed by atoms with Gasteiger partial charge in [0.05, 0.1) is 11.4 Å². The van der Waals surface area contributed by atoms with Crippen molar-refractivity contribution < 1.29 is 23.1 Å². The fourth-order valence-electron chi connectivity index (χ4n) is 1.20. The summed E-state index contributed by atoms with van der Waals surface area (Å²) >= 11 is 0.814. The summed E-state index contributed by atoms with van der Waals surface area (Å²) in [4.78, 5) is 21.9. The van der Waals surface area contributed by atoms with Gasteiger partial charge in [-0.1, -0.05) is 13.8 Å². The zero-order valence-corrected chi connectivity index (χ0v) is 12.7. The van der Waals surface area contributed by atoms with Gasteiger partial charge in [0.2, 0.25) is 15.9 Å². The molecular formula is C11H16N2O5S2. The van der Waals surface area contributed by atoms with Crippen LogP contribution in [0.15, 0.2) is 16.3 Å². The van der Waals surface area contributed by atoms with Gasteiger partial charge in [-0.15, -0.1) is 11.3 Å². The smallest absolute Gasteiger partial charge is 0.345 e. The molecule has 0 atom stereocenters. The number of hydrogen-bond donors (Lipinski definition) is 3. The van der Waals surface area contributed by atoms with Crippen LogP contribution in [0.3, 0.4) is 0 Å². The maximum atomic E-state index is 11.8. The van der Waals surface area contributed by atoms with E-state index in [0.717, 1.165) is 17.4 Å². The van der Waals surface area contributed by atoms with Gasteiger partial charge in [-0.05, 0) is 12.0 Å². The largest absolute Gasteiger partial charge is 0.477 e. The van der Waals surface area contributed by atoms with Crippen molar-refractivity contribution in [2.75, 3.05) is 13.1 Å². The van der Waals surface area contributed by atoms with Crippen molar-refractivity contribution in [2.45, 2.75) is 18.7 Å². The van der Waals surface area contributed by atoms with Crippen LogP contribution in [0, 0.1) is 5.92 Å². The van der Waals surface area contributed by atoms with Crippen LogP contribution in [0.5, 0.6) is 0 Å². The van der Waals surface area contributed by atoms with E-state index >= 15 is 0 Å². The molecule has 1 aromatic rings. The van der Waals surface area contributed by atoms with E-state index in [4.69, 9.17) is 5.11 Å². The molecule has 0 bridgehead atoms. The summed E-state index contributed by atoms with van der Waals surface area (Å²) in [5.41, 5.74) is 0. The summed E-state index contributed by atoms with van der Waals surface area (Å²) in [5, 5.41) is 12.5. The van der Waals surface area contributed by atoms with E-state index in [-0.39, 0.29) is 22.2 Å². The molecule has 3 N–H and O–H groups in total. The molecule has 1 rings (SSSR count). The normalized spacial score (nSPS) is 11.6. The lowest BCUT2D eigenvalue weighted by atomic mass is 10.2. The van der Waals surface area contributed by atoms with Crippen LogP contribution in [0.2, 0.25) is 0 Å². The molecule has 0 aliphatic rings. The van der Waals surface area contributed by atoms with Gasteiger partial charge in [0.25, 0.3) is 0 Å². The van der Waals surface area contributed by atoms with Gasteiger partial charge in [-0.2, -0.15) is 0 Å². The summed E-state index contributed by atoms with van der Waals surface area (Å²) < 4.78 is 25.8. The fraction of sp³-hybridized carbons (Fsp3) is 0.455. The molecule has 0 radical (unpaired) electrons. The Hall–Kier alpha value is -1.45. The summed E-state index contributed by atoms with van der Waals surface area (Å²) in [7, 11) is -3.87. The van der Waals surface area contributed by atoms with Crippen molar-refractivity contribution in [3.8, 4) is 0 Å². The highest BCUT2D eigenvalue weighted by atomic mass is 32.2. The van der Waals surface area contributed by atoms with Gasteiger partial charge < -0.3 is 10.4 Å². The summed E-state index contributed by atoms with van der Waals surface area (Å²) in [6, 6.07) is 1.06. The van der Waals surface area contributed by atoms with Crippen LogP contribution >= 0.6 is 11.3 Å². The molecule has 9 heteroatoms. The average molecular weight is 320 g/mol. The quantitative estimate of drug-likeness (QED) is 0.677. The molecule has 1 amide bonds. The molecule has 7 nitrogen and oxygen atoms in total. The Morgan fingerprint density at radius 1 is 1.40 bits per heavy atom. The minimum absolute atomic E-state index is 0.0744. The van der Waals surface area contributed by atoms with Crippen LogP contribution in [-0.2, 0) is 14.8 Å². The SMILES string of the molecule is CC(C)CNC(=O)CNS(=O)(=O)c1csc(C(=O)O)c1. The number of sulfonamides is 1. The number of carbonyl (C=O) groups is 2. The maximum Gasteiger partial charge on any atom is 0.345 e. The predicted octanol–water partition coefficient (Wildman–Crippen LogP) is 0.497. The van der Waals surface area contributed by atoms with Crippen molar-refractivity contribution in [2.24, 2.45) is 5.92 Å². The number of hydrogen-bond acceptors (Lipinski definition) is 5. The second-order valence-electron chi connectivity index (χ2n) is 4.47. The number of carboxylic acids is 1. The van der Waals surface area contributed by atoms with Gasteiger partial charge in [0.1, 0.15) is 4.88 Å². The first-order chi connectivity index (χ1) is 9.22. The van der Waals surface area contributed by atoms with Gasteiger partial charge in [0.15, 0.2) is 0 Å². The first-order valence-corrected chi connectivity index (χ1v) is 8.17. The van der Waals surface area contributed by atoms with Crippen LogP contribution in [0.25, 0.3) is 0 Å². The standard InChI is InChI=1S/C11H16N2O5S2/c1-7(2)4-12-10(14)5-13-20(17,18)8-3-9(11(15)16)19-6-8/h3,6-7,13H,4-5H2,1-2H3,(H,12,14)(H,15,16). The summed E-state index contributed by atoms with van der Waals surface area (Å²) in [6.07, 6.45) is 0. The molecule has 0 aliphatic carbocycles. The number of carboxylic acid groups (broad SMARTS) is 1. The van der Waals surface area contributed by atoms with Crippen molar-refractivity contribution in [3.63, 3.8) is 0 Å². The Labute approximate surface area is 121 Å². The Kier molecular flexibility index (Phi) is 5.66. The highest BCUT2D eigenvalue weighted by Crippen LogP contribution is 2.18. The monoisotopic (exact) mass is 320 g/mol. The first-order valence-electron chi connectivity index (χ1n) is 5.80. The summed E-state index contributed by atoms with van der Waals surface area (Å²) in [5.74, 6) is -1.35. The second-order valence-corrected chi connectivity index (χ2v) is 7.15. The lowest BCUT2D eigenvalue weighted by Gasteiger charge is -2.08. The number of rotatable bonds is 7. The third-order valence-corrected chi connectivity index (χ3v) is 4.67. The fourth-order valence-corrected chi connectivity index (χ4v) is 3.29. The molecule has 0 unspecified atom stereocenters. The van der Waals surface area contributed by atoms with Crippen LogP contribution in [0.1, 0.15) is 23.5 Å². The van der Waals surface area contributed by atoms with Crippen LogP contribution < -0.4 is 10.0 Å². The lowest BCUT2D eigenvalue weighted by molar-refractivity contribution is -0.120. The number of nitrogens with one attached hydrogen (secondary N) is 2. The number of thiophene rings is 1. The molecule has 0 fully saturated rings. The molecule has 0 saturated heterocycles. The molecule has 112 valence electrons. The van der Waals surface area contributed by atoms with Gasteiger partial charge in [-0.25, -0.2) is 17.9 Å². The van der Waals surface area contributed by atoms with E-state index in [2.05, 4.69) is 10.0 Å². The Morgan fingerprint density at radius 2 is 2.05 bits per heavy atom. The zero-order chi connectivity index (χ0) is 15.3. The number of aromatic carboxylic acids is 1. The highest BCUT2D eigenvalue weighted by molar-refractivity contribution is 7.89. The molecule has 0 aliphatic heterocycles. The molecule has 0 aromatic carbocycles. The Balaban J connectivity index is 2.61. The molecule has 20 heavy (non-hydrogen) atoms. The predicted molar refractivity (Wildman–Crippen MR) is 74.3 cm³/mol. The lowest BCUT2D eigenvalue weighted by Crippen LogP contribution is -2.38. The third kappa shape index (κ3) is 4.91.